The van der Waals surface area contributed by atoms with Crippen molar-refractivity contribution in [2.75, 3.05) is 65.0 Å². The second kappa shape index (κ2) is 13.4. The number of methoxy groups -OCH3 is 2. The molecule has 3 saturated heterocycles. The van der Waals surface area contributed by atoms with E-state index in [1.54, 1.807) is 4.90 Å². The molecule has 1 N–H and O–H groups in total. The van der Waals surface area contributed by atoms with Crippen molar-refractivity contribution in [1.82, 2.24) is 25.0 Å². The molecule has 4 aliphatic rings. The summed E-state index contributed by atoms with van der Waals surface area (Å²) in [5.41, 5.74) is -2.11. The van der Waals surface area contributed by atoms with E-state index in [-0.39, 0.29) is 40.0 Å². The number of rotatable bonds is 9. The Morgan fingerprint density at radius 3 is 2.47 bits per heavy atom. The molecule has 0 radical (unpaired) electrons. The summed E-state index contributed by atoms with van der Waals surface area (Å²) < 4.78 is 59.6. The summed E-state index contributed by atoms with van der Waals surface area (Å²) in [7, 11) is -0.121. The highest BCUT2D eigenvalue weighted by Gasteiger charge is 2.59. The van der Waals surface area contributed by atoms with Crippen molar-refractivity contribution in [1.29, 1.82) is 5.26 Å². The number of fused-ring (bicyclic) bond motifs is 1. The number of piperidine rings is 1. The molecule has 268 valence electrons. The van der Waals surface area contributed by atoms with Gasteiger partial charge in [0.25, 0.3) is 15.9 Å². The zero-order valence-electron chi connectivity index (χ0n) is 28.4. The summed E-state index contributed by atoms with van der Waals surface area (Å²) >= 11 is 0. The number of urea groups is 1. The van der Waals surface area contributed by atoms with E-state index in [2.05, 4.69) is 27.1 Å². The number of pyridine rings is 1. The third-order valence-electron chi connectivity index (χ3n) is 10.5. The van der Waals surface area contributed by atoms with Crippen molar-refractivity contribution in [3.05, 3.63) is 77.2 Å². The van der Waals surface area contributed by atoms with Gasteiger partial charge in [0, 0.05) is 56.1 Å². The van der Waals surface area contributed by atoms with Crippen molar-refractivity contribution >= 4 is 27.6 Å². The zero-order valence-corrected chi connectivity index (χ0v) is 29.2. The largest absolute Gasteiger partial charge is 0.495 e. The van der Waals surface area contributed by atoms with Crippen molar-refractivity contribution < 1.29 is 36.6 Å². The van der Waals surface area contributed by atoms with Gasteiger partial charge in [-0.05, 0) is 62.4 Å². The van der Waals surface area contributed by atoms with Gasteiger partial charge >= 0.3 is 6.03 Å². The number of benzene rings is 2. The van der Waals surface area contributed by atoms with Crippen LogP contribution in [-0.4, -0.2) is 119 Å². The number of anilines is 1. The van der Waals surface area contributed by atoms with Crippen LogP contribution in [0.1, 0.15) is 29.5 Å². The average molecular weight is 720 g/mol. The molecule has 14 nitrogen and oxygen atoms in total. The first kappa shape index (κ1) is 34.6. The number of hydrogen-bond acceptors (Lipinski definition) is 11. The number of aromatic nitrogens is 1. The van der Waals surface area contributed by atoms with Gasteiger partial charge in [-0.3, -0.25) is 14.6 Å². The maximum Gasteiger partial charge on any atom is 0.318 e. The highest BCUT2D eigenvalue weighted by Crippen LogP contribution is 2.50. The van der Waals surface area contributed by atoms with E-state index in [1.807, 2.05) is 6.07 Å². The summed E-state index contributed by atoms with van der Waals surface area (Å²) in [5.74, 6) is -2.18. The lowest BCUT2D eigenvalue weighted by Gasteiger charge is -2.50. The molecule has 3 aromatic rings. The number of nitriles is 1. The second-order valence-corrected chi connectivity index (χ2v) is 14.9. The number of hydrogen-bond donors (Lipinski definition) is 1. The van der Waals surface area contributed by atoms with Crippen LogP contribution in [0.25, 0.3) is 0 Å². The number of likely N-dealkylation sites (N-methyl/N-ethyl adjacent to an activating group) is 1. The fourth-order valence-electron chi connectivity index (χ4n) is 7.45. The smallest absolute Gasteiger partial charge is 0.318 e. The Morgan fingerprint density at radius 2 is 1.82 bits per heavy atom. The summed E-state index contributed by atoms with van der Waals surface area (Å²) in [5, 5.41) is 12.7. The van der Waals surface area contributed by atoms with Crippen LogP contribution >= 0.6 is 0 Å². The first-order valence-corrected chi connectivity index (χ1v) is 18.1. The highest BCUT2D eigenvalue weighted by atomic mass is 32.2. The molecule has 3 amide bonds. The number of carbonyl (C=O) groups is 2. The van der Waals surface area contributed by atoms with Crippen LogP contribution in [0.5, 0.6) is 11.6 Å². The summed E-state index contributed by atoms with van der Waals surface area (Å²) in [6, 6.07) is 12.4. The maximum absolute atomic E-state index is 15.0. The van der Waals surface area contributed by atoms with E-state index >= 15 is 0 Å². The Balaban J connectivity index is 1.22. The fraction of sp³-hybridized carbons (Fsp3) is 0.429. The SMILES string of the molecule is COc1cc(F)ccc1S(=O)(=O)N1C(=O)[C@@](NC(=O)N2CC(N3CCC(N(C)C4COC4)CC3)C2)(c2cccnc2OC)c2cc(C#N)ccc21. The number of nitrogens with zero attached hydrogens (tertiary/aromatic N) is 6. The Labute approximate surface area is 295 Å². The molecule has 0 spiro atoms. The van der Waals surface area contributed by atoms with Crippen LogP contribution in [0.4, 0.5) is 14.9 Å². The molecule has 3 fully saturated rings. The average Bonchev–Trinajstić information content (AvgIpc) is 3.34. The molecule has 2 aromatic carbocycles. The van der Waals surface area contributed by atoms with E-state index in [0.29, 0.717) is 29.5 Å². The Morgan fingerprint density at radius 1 is 1.08 bits per heavy atom. The minimum absolute atomic E-state index is 0.0241. The summed E-state index contributed by atoms with van der Waals surface area (Å²) in [6.07, 6.45) is 3.45. The Kier molecular flexibility index (Phi) is 9.08. The van der Waals surface area contributed by atoms with E-state index in [9.17, 15) is 27.7 Å². The molecule has 0 saturated carbocycles. The second-order valence-electron chi connectivity index (χ2n) is 13.1. The maximum atomic E-state index is 15.0. The van der Waals surface area contributed by atoms with Gasteiger partial charge < -0.3 is 24.4 Å². The van der Waals surface area contributed by atoms with Gasteiger partial charge in [0.15, 0.2) is 5.54 Å². The topological polar surface area (TPSA) is 158 Å². The third-order valence-corrected chi connectivity index (χ3v) is 12.2. The highest BCUT2D eigenvalue weighted by molar-refractivity contribution is 7.93. The lowest BCUT2D eigenvalue weighted by Crippen LogP contribution is -2.67. The van der Waals surface area contributed by atoms with Gasteiger partial charge in [0.1, 0.15) is 16.5 Å². The molecule has 7 rings (SSSR count). The van der Waals surface area contributed by atoms with Crippen LogP contribution < -0.4 is 19.1 Å². The molecule has 51 heavy (non-hydrogen) atoms. The van der Waals surface area contributed by atoms with E-state index in [1.165, 1.54) is 50.7 Å². The summed E-state index contributed by atoms with van der Waals surface area (Å²) in [4.78, 5) is 39.3. The quantitative estimate of drug-likeness (QED) is 0.346. The number of nitrogens with one attached hydrogen (secondary N) is 1. The summed E-state index contributed by atoms with van der Waals surface area (Å²) in [6.45, 7) is 4.12. The first-order chi connectivity index (χ1) is 24.5. The number of amides is 3. The predicted molar refractivity (Wildman–Crippen MR) is 181 cm³/mol. The van der Waals surface area contributed by atoms with Crippen molar-refractivity contribution in [2.24, 2.45) is 0 Å². The number of halogens is 1. The van der Waals surface area contributed by atoms with Gasteiger partial charge in [-0.25, -0.2) is 22.6 Å². The molecular formula is C35H38FN7O7S. The lowest BCUT2D eigenvalue weighted by molar-refractivity contribution is -0.121. The lowest BCUT2D eigenvalue weighted by atomic mass is 9.83. The molecule has 5 heterocycles. The molecular weight excluding hydrogens is 681 g/mol. The van der Waals surface area contributed by atoms with E-state index in [4.69, 9.17) is 14.2 Å². The van der Waals surface area contributed by atoms with Crippen molar-refractivity contribution in [2.45, 2.75) is 41.4 Å². The molecule has 0 bridgehead atoms. The normalized spacial score (nSPS) is 21.5. The number of sulfonamides is 1. The van der Waals surface area contributed by atoms with Crippen LogP contribution in [0, 0.1) is 17.1 Å². The van der Waals surface area contributed by atoms with Crippen LogP contribution in [0.3, 0.4) is 0 Å². The monoisotopic (exact) mass is 719 g/mol. The predicted octanol–water partition coefficient (Wildman–Crippen LogP) is 2.28. The Hall–Kier alpha value is -4.82. The van der Waals surface area contributed by atoms with Crippen molar-refractivity contribution in [3.63, 3.8) is 0 Å². The van der Waals surface area contributed by atoms with E-state index in [0.717, 1.165) is 57.3 Å². The molecule has 1 atom stereocenters. The molecule has 16 heteroatoms. The fourth-order valence-corrected chi connectivity index (χ4v) is 9.05. The van der Waals surface area contributed by atoms with Gasteiger partial charge in [-0.2, -0.15) is 9.57 Å². The first-order valence-electron chi connectivity index (χ1n) is 16.6. The van der Waals surface area contributed by atoms with Gasteiger partial charge in [0.2, 0.25) is 5.88 Å². The van der Waals surface area contributed by atoms with Crippen molar-refractivity contribution in [3.8, 4) is 17.7 Å². The molecule has 1 aromatic heterocycles. The van der Waals surface area contributed by atoms with E-state index < -0.39 is 38.2 Å². The number of ether oxygens (including phenoxy) is 3. The number of carbonyl (C=O) groups excluding carboxylic acids is 2. The van der Waals surface area contributed by atoms with Crippen LogP contribution in [0.2, 0.25) is 0 Å². The van der Waals surface area contributed by atoms with Crippen LogP contribution in [0.15, 0.2) is 59.6 Å². The Bertz CT molecular complexity index is 2010. The number of likely N-dealkylation sites (tertiary alicyclic amines) is 2. The standard InChI is InChI=1S/C35H38FN7O7S/c1-40(26-20-50-21-26)24-10-13-41(14-11-24)25-18-42(19-25)34(45)39-35(27-5-4-12-38-32(27)49-3)28-15-22(17-37)6-8-29(28)43(33(35)44)51(46,47)31-9-7-23(36)16-30(31)48-2/h4-9,12,15-16,24-26H,10-11,13-14,18-21H2,1-3H3,(H,39,45)/t35-/m1/s1. The zero-order chi connectivity index (χ0) is 36.1. The third kappa shape index (κ3) is 5.74. The molecule has 4 aliphatic heterocycles. The van der Waals surface area contributed by atoms with Gasteiger partial charge in [0.05, 0.1) is 56.4 Å². The van der Waals surface area contributed by atoms with Gasteiger partial charge in [-0.1, -0.05) is 0 Å². The molecule has 0 aliphatic carbocycles. The van der Waals surface area contributed by atoms with Gasteiger partial charge in [-0.15, -0.1) is 0 Å². The molecule has 0 unspecified atom stereocenters. The van der Waals surface area contributed by atoms with Crippen LogP contribution in [-0.2, 0) is 25.1 Å². The minimum Gasteiger partial charge on any atom is -0.495 e. The minimum atomic E-state index is -4.80.